The minimum absolute atomic E-state index is 0.0713. The van der Waals surface area contributed by atoms with Crippen LogP contribution in [0, 0.1) is 6.92 Å². The van der Waals surface area contributed by atoms with Gasteiger partial charge in [0, 0.05) is 30.3 Å². The van der Waals surface area contributed by atoms with Crippen LogP contribution in [0.4, 0.5) is 0 Å². The van der Waals surface area contributed by atoms with E-state index in [1.54, 1.807) is 30.2 Å². The van der Waals surface area contributed by atoms with Crippen LogP contribution >= 0.6 is 11.6 Å². The lowest BCUT2D eigenvalue weighted by Gasteiger charge is -2.23. The Morgan fingerprint density at radius 2 is 2.19 bits per heavy atom. The maximum Gasteiger partial charge on any atom is 0.305 e. The maximum absolute atomic E-state index is 12.6. The summed E-state index contributed by atoms with van der Waals surface area (Å²) in [6.07, 6.45) is 0.353. The lowest BCUT2D eigenvalue weighted by Crippen LogP contribution is -2.37. The molecule has 1 N–H and O–H groups in total. The normalized spacial score (nSPS) is 21.6. The zero-order valence-corrected chi connectivity index (χ0v) is 12.8. The van der Waals surface area contributed by atoms with Crippen molar-refractivity contribution in [1.29, 1.82) is 0 Å². The van der Waals surface area contributed by atoms with Crippen LogP contribution in [0.5, 0.6) is 0 Å². The highest BCUT2D eigenvalue weighted by Gasteiger charge is 2.36. The molecule has 0 radical (unpaired) electrons. The average Bonchev–Trinajstić information content (AvgIpc) is 2.83. The summed E-state index contributed by atoms with van der Waals surface area (Å²) in [5.41, 5.74) is 1.34. The minimum Gasteiger partial charge on any atom is -0.481 e. The summed E-state index contributed by atoms with van der Waals surface area (Å²) in [5.74, 6) is -1.09. The standard InChI is InChI=1S/C15H18ClNO4/c1-9-5-10(3-4-13(9)16)15(20)17-8-12(21-2)6-11(17)7-14(18)19/h3-5,11-12H,6-8H2,1-2H3,(H,18,19). The number of rotatable bonds is 4. The molecule has 1 aromatic rings. The first-order valence-electron chi connectivity index (χ1n) is 6.74. The molecule has 1 heterocycles. The van der Waals surface area contributed by atoms with Crippen molar-refractivity contribution in [3.63, 3.8) is 0 Å². The number of carbonyl (C=O) groups is 2. The Balaban J connectivity index is 2.22. The zero-order valence-electron chi connectivity index (χ0n) is 12.0. The number of carbonyl (C=O) groups excluding carboxylic acids is 1. The first kappa shape index (κ1) is 15.8. The van der Waals surface area contributed by atoms with E-state index in [0.29, 0.717) is 23.6 Å². The van der Waals surface area contributed by atoms with Crippen LogP contribution in [0.15, 0.2) is 18.2 Å². The number of aliphatic carboxylic acids is 1. The molecule has 1 saturated heterocycles. The third kappa shape index (κ3) is 3.54. The van der Waals surface area contributed by atoms with Gasteiger partial charge in [-0.15, -0.1) is 0 Å². The molecule has 1 amide bonds. The number of hydrogen-bond acceptors (Lipinski definition) is 3. The first-order chi connectivity index (χ1) is 9.92. The predicted molar refractivity (Wildman–Crippen MR) is 78.7 cm³/mol. The van der Waals surface area contributed by atoms with Crippen LogP contribution in [0.2, 0.25) is 5.02 Å². The number of carboxylic acids is 1. The average molecular weight is 312 g/mol. The highest BCUT2D eigenvalue weighted by atomic mass is 35.5. The molecule has 5 nitrogen and oxygen atoms in total. The summed E-state index contributed by atoms with van der Waals surface area (Å²) >= 11 is 5.97. The zero-order chi connectivity index (χ0) is 15.6. The van der Waals surface area contributed by atoms with Gasteiger partial charge in [-0.25, -0.2) is 0 Å². The molecule has 0 aliphatic carbocycles. The number of hydrogen-bond donors (Lipinski definition) is 1. The van der Waals surface area contributed by atoms with Crippen molar-refractivity contribution in [2.24, 2.45) is 0 Å². The molecular weight excluding hydrogens is 294 g/mol. The van der Waals surface area contributed by atoms with Gasteiger partial charge in [-0.2, -0.15) is 0 Å². The highest BCUT2D eigenvalue weighted by molar-refractivity contribution is 6.31. The number of aryl methyl sites for hydroxylation is 1. The van der Waals surface area contributed by atoms with E-state index in [1.807, 2.05) is 6.92 Å². The Labute approximate surface area is 128 Å². The van der Waals surface area contributed by atoms with Crippen molar-refractivity contribution >= 4 is 23.5 Å². The van der Waals surface area contributed by atoms with Crippen molar-refractivity contribution in [3.05, 3.63) is 34.3 Å². The van der Waals surface area contributed by atoms with Crippen LogP contribution in [0.1, 0.15) is 28.8 Å². The Kier molecular flexibility index (Phi) is 4.85. The predicted octanol–water partition coefficient (Wildman–Crippen LogP) is 2.35. The second kappa shape index (κ2) is 6.45. The van der Waals surface area contributed by atoms with E-state index >= 15 is 0 Å². The van der Waals surface area contributed by atoms with Crippen LogP contribution in [0.25, 0.3) is 0 Å². The Hall–Kier alpha value is -1.59. The molecule has 1 fully saturated rings. The molecule has 2 unspecified atom stereocenters. The molecule has 0 saturated carbocycles. The fourth-order valence-electron chi connectivity index (χ4n) is 2.63. The van der Waals surface area contributed by atoms with Gasteiger partial charge in [-0.05, 0) is 37.1 Å². The largest absolute Gasteiger partial charge is 0.481 e. The molecule has 1 aromatic carbocycles. The molecule has 0 bridgehead atoms. The third-order valence-electron chi connectivity index (χ3n) is 3.79. The van der Waals surface area contributed by atoms with Crippen LogP contribution in [-0.2, 0) is 9.53 Å². The number of benzene rings is 1. The number of amides is 1. The smallest absolute Gasteiger partial charge is 0.305 e. The monoisotopic (exact) mass is 311 g/mol. The topological polar surface area (TPSA) is 66.8 Å². The van der Waals surface area contributed by atoms with E-state index in [2.05, 4.69) is 0 Å². The summed E-state index contributed by atoms with van der Waals surface area (Å²) in [4.78, 5) is 25.1. The minimum atomic E-state index is -0.915. The number of halogens is 1. The summed E-state index contributed by atoms with van der Waals surface area (Å²) in [7, 11) is 1.57. The lowest BCUT2D eigenvalue weighted by atomic mass is 10.1. The van der Waals surface area contributed by atoms with E-state index < -0.39 is 5.97 Å². The molecule has 0 spiro atoms. The van der Waals surface area contributed by atoms with Gasteiger partial charge in [0.05, 0.1) is 12.5 Å². The van der Waals surface area contributed by atoms with Gasteiger partial charge in [0.1, 0.15) is 0 Å². The van der Waals surface area contributed by atoms with Gasteiger partial charge in [-0.3, -0.25) is 9.59 Å². The summed E-state index contributed by atoms with van der Waals surface area (Å²) < 4.78 is 5.27. The number of carboxylic acid groups (broad SMARTS) is 1. The molecule has 2 atom stereocenters. The van der Waals surface area contributed by atoms with Crippen LogP contribution < -0.4 is 0 Å². The van der Waals surface area contributed by atoms with Crippen molar-refractivity contribution in [3.8, 4) is 0 Å². The number of likely N-dealkylation sites (tertiary alicyclic amines) is 1. The molecule has 6 heteroatoms. The van der Waals surface area contributed by atoms with E-state index in [9.17, 15) is 9.59 Å². The van der Waals surface area contributed by atoms with Gasteiger partial charge in [0.2, 0.25) is 0 Å². The summed E-state index contributed by atoms with van der Waals surface area (Å²) in [6.45, 7) is 2.24. The lowest BCUT2D eigenvalue weighted by molar-refractivity contribution is -0.137. The first-order valence-corrected chi connectivity index (χ1v) is 7.12. The van der Waals surface area contributed by atoms with Crippen LogP contribution in [0.3, 0.4) is 0 Å². The summed E-state index contributed by atoms with van der Waals surface area (Å²) in [6, 6.07) is 4.73. The fourth-order valence-corrected chi connectivity index (χ4v) is 2.75. The molecule has 114 valence electrons. The third-order valence-corrected chi connectivity index (χ3v) is 4.21. The molecule has 21 heavy (non-hydrogen) atoms. The van der Waals surface area contributed by atoms with E-state index in [-0.39, 0.29) is 24.5 Å². The number of ether oxygens (including phenoxy) is 1. The number of nitrogens with zero attached hydrogens (tertiary/aromatic N) is 1. The fraction of sp³-hybridized carbons (Fsp3) is 0.467. The van der Waals surface area contributed by atoms with Crippen molar-refractivity contribution in [1.82, 2.24) is 4.90 Å². The van der Waals surface area contributed by atoms with Gasteiger partial charge in [-0.1, -0.05) is 11.6 Å². The maximum atomic E-state index is 12.6. The Bertz CT molecular complexity index is 561. The Morgan fingerprint density at radius 1 is 1.48 bits per heavy atom. The quantitative estimate of drug-likeness (QED) is 0.927. The van der Waals surface area contributed by atoms with Crippen molar-refractivity contribution in [2.75, 3.05) is 13.7 Å². The van der Waals surface area contributed by atoms with Gasteiger partial charge < -0.3 is 14.7 Å². The second-order valence-corrected chi connectivity index (χ2v) is 5.67. The summed E-state index contributed by atoms with van der Waals surface area (Å²) in [5, 5.41) is 9.59. The van der Waals surface area contributed by atoms with Crippen LogP contribution in [-0.4, -0.2) is 47.7 Å². The Morgan fingerprint density at radius 3 is 2.76 bits per heavy atom. The molecule has 0 aromatic heterocycles. The van der Waals surface area contributed by atoms with Gasteiger partial charge >= 0.3 is 5.97 Å². The SMILES string of the molecule is COC1CC(CC(=O)O)N(C(=O)c2ccc(Cl)c(C)c2)C1. The molecule has 1 aliphatic rings. The second-order valence-electron chi connectivity index (χ2n) is 5.27. The van der Waals surface area contributed by atoms with Crippen molar-refractivity contribution < 1.29 is 19.4 Å². The molecular formula is C15H18ClNO4. The van der Waals surface area contributed by atoms with E-state index in [4.69, 9.17) is 21.4 Å². The van der Waals surface area contributed by atoms with Crippen molar-refractivity contribution in [2.45, 2.75) is 31.9 Å². The highest BCUT2D eigenvalue weighted by Crippen LogP contribution is 2.26. The molecule has 1 aliphatic heterocycles. The molecule has 2 rings (SSSR count). The van der Waals surface area contributed by atoms with Gasteiger partial charge in [0.15, 0.2) is 0 Å². The number of methoxy groups -OCH3 is 1. The van der Waals surface area contributed by atoms with E-state index in [0.717, 1.165) is 5.56 Å². The van der Waals surface area contributed by atoms with Gasteiger partial charge in [0.25, 0.3) is 5.91 Å². The van der Waals surface area contributed by atoms with E-state index in [1.165, 1.54) is 0 Å².